The van der Waals surface area contributed by atoms with Crippen molar-refractivity contribution in [2.45, 2.75) is 4.90 Å². The highest BCUT2D eigenvalue weighted by Crippen LogP contribution is 2.20. The first-order chi connectivity index (χ1) is 7.20. The first-order valence-electron chi connectivity index (χ1n) is 4.79. The summed E-state index contributed by atoms with van der Waals surface area (Å²) in [6.45, 7) is 1.07. The lowest BCUT2D eigenvalue weighted by Crippen LogP contribution is -2.31. The van der Waals surface area contributed by atoms with Crippen LogP contribution in [0.25, 0.3) is 0 Å². The number of thioether (sulfide) groups is 1. The molecular weight excluding hydrogens is 208 g/mol. The van der Waals surface area contributed by atoms with Gasteiger partial charge in [-0.15, -0.1) is 11.8 Å². The van der Waals surface area contributed by atoms with Gasteiger partial charge in [0.1, 0.15) is 0 Å². The van der Waals surface area contributed by atoms with E-state index < -0.39 is 0 Å². The average molecular weight is 224 g/mol. The fourth-order valence-electron chi connectivity index (χ4n) is 1.32. The molecule has 0 spiro atoms. The summed E-state index contributed by atoms with van der Waals surface area (Å²) in [4.78, 5) is 14.6. The van der Waals surface area contributed by atoms with Crippen LogP contribution in [-0.4, -0.2) is 37.2 Å². The normalized spacial score (nSPS) is 10.1. The Labute approximate surface area is 94.6 Å². The van der Waals surface area contributed by atoms with Crippen molar-refractivity contribution in [1.29, 1.82) is 0 Å². The Kier molecular flexibility index (Phi) is 4.65. The molecule has 0 aliphatic heterocycles. The summed E-state index contributed by atoms with van der Waals surface area (Å²) in [6, 6.07) is 7.62. The standard InChI is InChI=1S/C11H16N2OS/c1-13(8-7-12)11(14)9-5-3-4-6-10(9)15-2/h3-6H,7-8,12H2,1-2H3. The summed E-state index contributed by atoms with van der Waals surface area (Å²) in [6.07, 6.45) is 1.97. The molecule has 0 unspecified atom stereocenters. The van der Waals surface area contributed by atoms with Crippen molar-refractivity contribution in [2.75, 3.05) is 26.4 Å². The van der Waals surface area contributed by atoms with Crippen molar-refractivity contribution in [2.24, 2.45) is 5.73 Å². The average Bonchev–Trinajstić information content (AvgIpc) is 2.28. The minimum atomic E-state index is 0.0328. The number of nitrogens with two attached hydrogens (primary N) is 1. The fraction of sp³-hybridized carbons (Fsp3) is 0.364. The van der Waals surface area contributed by atoms with Gasteiger partial charge < -0.3 is 10.6 Å². The van der Waals surface area contributed by atoms with Crippen LogP contribution in [0.2, 0.25) is 0 Å². The molecule has 1 aromatic carbocycles. The first-order valence-corrected chi connectivity index (χ1v) is 6.01. The second-order valence-corrected chi connectivity index (χ2v) is 4.06. The van der Waals surface area contributed by atoms with Gasteiger partial charge in [0.05, 0.1) is 5.56 Å². The molecule has 0 aromatic heterocycles. The van der Waals surface area contributed by atoms with Crippen molar-refractivity contribution in [3.05, 3.63) is 29.8 Å². The lowest BCUT2D eigenvalue weighted by molar-refractivity contribution is 0.0795. The topological polar surface area (TPSA) is 46.3 Å². The number of hydrogen-bond acceptors (Lipinski definition) is 3. The molecule has 0 aliphatic rings. The van der Waals surface area contributed by atoms with E-state index in [-0.39, 0.29) is 5.91 Å². The molecule has 3 nitrogen and oxygen atoms in total. The van der Waals surface area contributed by atoms with Crippen molar-refractivity contribution in [3.8, 4) is 0 Å². The molecule has 1 rings (SSSR count). The van der Waals surface area contributed by atoms with Crippen LogP contribution in [0, 0.1) is 0 Å². The third kappa shape index (κ3) is 2.97. The number of hydrogen-bond donors (Lipinski definition) is 1. The molecule has 0 aliphatic carbocycles. The van der Waals surface area contributed by atoms with Crippen molar-refractivity contribution < 1.29 is 4.79 Å². The molecule has 0 bridgehead atoms. The van der Waals surface area contributed by atoms with E-state index in [0.717, 1.165) is 10.5 Å². The number of likely N-dealkylation sites (N-methyl/N-ethyl adjacent to an activating group) is 1. The maximum Gasteiger partial charge on any atom is 0.254 e. The van der Waals surface area contributed by atoms with E-state index >= 15 is 0 Å². The number of benzene rings is 1. The molecule has 4 heteroatoms. The molecule has 0 radical (unpaired) electrons. The quantitative estimate of drug-likeness (QED) is 0.787. The molecule has 2 N–H and O–H groups in total. The molecule has 0 saturated heterocycles. The molecule has 1 aromatic rings. The predicted octanol–water partition coefficient (Wildman–Crippen LogP) is 1.44. The summed E-state index contributed by atoms with van der Waals surface area (Å²) in [7, 11) is 1.77. The van der Waals surface area contributed by atoms with Gasteiger partial charge in [-0.25, -0.2) is 0 Å². The minimum absolute atomic E-state index is 0.0328. The van der Waals surface area contributed by atoms with Gasteiger partial charge in [-0.2, -0.15) is 0 Å². The third-order valence-corrected chi connectivity index (χ3v) is 2.94. The lowest BCUT2D eigenvalue weighted by Gasteiger charge is -2.17. The van der Waals surface area contributed by atoms with Crippen LogP contribution in [0.3, 0.4) is 0 Å². The second kappa shape index (κ2) is 5.78. The smallest absolute Gasteiger partial charge is 0.254 e. The number of nitrogens with zero attached hydrogens (tertiary/aromatic N) is 1. The van der Waals surface area contributed by atoms with E-state index in [1.807, 2.05) is 30.5 Å². The zero-order chi connectivity index (χ0) is 11.3. The van der Waals surface area contributed by atoms with Gasteiger partial charge >= 0.3 is 0 Å². The summed E-state index contributed by atoms with van der Waals surface area (Å²) < 4.78 is 0. The molecule has 0 fully saturated rings. The Balaban J connectivity index is 2.90. The Morgan fingerprint density at radius 1 is 1.47 bits per heavy atom. The third-order valence-electron chi connectivity index (χ3n) is 2.15. The summed E-state index contributed by atoms with van der Waals surface area (Å²) in [5.41, 5.74) is 6.17. The van der Waals surface area contributed by atoms with E-state index in [9.17, 15) is 4.79 Å². The summed E-state index contributed by atoms with van der Waals surface area (Å²) in [5.74, 6) is 0.0328. The minimum Gasteiger partial charge on any atom is -0.340 e. The summed E-state index contributed by atoms with van der Waals surface area (Å²) in [5, 5.41) is 0. The zero-order valence-corrected chi connectivity index (χ0v) is 9.88. The Hall–Kier alpha value is -1.00. The Morgan fingerprint density at radius 2 is 2.13 bits per heavy atom. The Morgan fingerprint density at radius 3 is 2.73 bits per heavy atom. The SMILES string of the molecule is CSc1ccccc1C(=O)N(C)CCN. The predicted molar refractivity (Wildman–Crippen MR) is 64.2 cm³/mol. The molecule has 1 amide bonds. The van der Waals surface area contributed by atoms with Gasteiger partial charge in [-0.3, -0.25) is 4.79 Å². The van der Waals surface area contributed by atoms with Crippen LogP contribution in [-0.2, 0) is 0 Å². The molecule has 15 heavy (non-hydrogen) atoms. The van der Waals surface area contributed by atoms with Crippen LogP contribution < -0.4 is 5.73 Å². The van der Waals surface area contributed by atoms with Crippen LogP contribution >= 0.6 is 11.8 Å². The molecule has 0 heterocycles. The van der Waals surface area contributed by atoms with Crippen LogP contribution in [0.5, 0.6) is 0 Å². The first kappa shape index (κ1) is 12.1. The van der Waals surface area contributed by atoms with Crippen molar-refractivity contribution in [3.63, 3.8) is 0 Å². The molecule has 82 valence electrons. The fourth-order valence-corrected chi connectivity index (χ4v) is 1.91. The highest BCUT2D eigenvalue weighted by Gasteiger charge is 2.13. The lowest BCUT2D eigenvalue weighted by atomic mass is 10.2. The van der Waals surface area contributed by atoms with Crippen LogP contribution in [0.1, 0.15) is 10.4 Å². The van der Waals surface area contributed by atoms with Crippen molar-refractivity contribution in [1.82, 2.24) is 4.90 Å². The molecule has 0 atom stereocenters. The maximum atomic E-state index is 12.0. The van der Waals surface area contributed by atoms with Gasteiger partial charge in [0.2, 0.25) is 0 Å². The van der Waals surface area contributed by atoms with E-state index in [2.05, 4.69) is 0 Å². The summed E-state index contributed by atoms with van der Waals surface area (Å²) >= 11 is 1.58. The van der Waals surface area contributed by atoms with Crippen LogP contribution in [0.4, 0.5) is 0 Å². The largest absolute Gasteiger partial charge is 0.340 e. The van der Waals surface area contributed by atoms with E-state index in [4.69, 9.17) is 5.73 Å². The van der Waals surface area contributed by atoms with Gasteiger partial charge in [0.15, 0.2) is 0 Å². The number of carbonyl (C=O) groups excluding carboxylic acids is 1. The zero-order valence-electron chi connectivity index (χ0n) is 9.06. The number of rotatable bonds is 4. The van der Waals surface area contributed by atoms with Gasteiger partial charge in [-0.05, 0) is 18.4 Å². The molecule has 0 saturated carbocycles. The monoisotopic (exact) mass is 224 g/mol. The second-order valence-electron chi connectivity index (χ2n) is 3.22. The van der Waals surface area contributed by atoms with E-state index in [1.165, 1.54) is 0 Å². The number of carbonyl (C=O) groups is 1. The van der Waals surface area contributed by atoms with Crippen LogP contribution in [0.15, 0.2) is 29.2 Å². The van der Waals surface area contributed by atoms with Gasteiger partial charge in [0, 0.05) is 25.0 Å². The molecular formula is C11H16N2OS. The van der Waals surface area contributed by atoms with Crippen molar-refractivity contribution >= 4 is 17.7 Å². The van der Waals surface area contributed by atoms with E-state index in [1.54, 1.807) is 23.7 Å². The van der Waals surface area contributed by atoms with Gasteiger partial charge in [0.25, 0.3) is 5.91 Å². The highest BCUT2D eigenvalue weighted by atomic mass is 32.2. The number of amides is 1. The van der Waals surface area contributed by atoms with E-state index in [0.29, 0.717) is 13.1 Å². The maximum absolute atomic E-state index is 12.0. The van der Waals surface area contributed by atoms with Gasteiger partial charge in [-0.1, -0.05) is 12.1 Å². The Bertz CT molecular complexity index is 341. The highest BCUT2D eigenvalue weighted by molar-refractivity contribution is 7.98.